The van der Waals surface area contributed by atoms with E-state index in [2.05, 4.69) is 10.3 Å². The predicted molar refractivity (Wildman–Crippen MR) is 82.0 cm³/mol. The molecule has 106 valence electrons. The molecule has 1 aliphatic heterocycles. The maximum Gasteiger partial charge on any atom is 0.123 e. The number of hydrogen-bond donors (Lipinski definition) is 1. The molecule has 1 saturated heterocycles. The Bertz CT molecular complexity index is 567. The monoisotopic (exact) mass is 289 g/mol. The van der Waals surface area contributed by atoms with Crippen LogP contribution in [0.1, 0.15) is 12.1 Å². The van der Waals surface area contributed by atoms with Crippen molar-refractivity contribution in [2.75, 3.05) is 20.2 Å². The van der Waals surface area contributed by atoms with Gasteiger partial charge in [-0.2, -0.15) is 0 Å². The number of ether oxygens (including phenoxy) is 1. The Hall–Kier alpha value is -1.43. The Balaban J connectivity index is 1.69. The van der Waals surface area contributed by atoms with E-state index in [9.17, 15) is 0 Å². The van der Waals surface area contributed by atoms with Crippen LogP contribution in [0.3, 0.4) is 0 Å². The number of nitrogens with two attached hydrogens (primary N) is 1. The fourth-order valence-corrected chi connectivity index (χ4v) is 3.30. The minimum atomic E-state index is 0.328. The molecule has 0 spiro atoms. The van der Waals surface area contributed by atoms with Gasteiger partial charge in [-0.1, -0.05) is 0 Å². The maximum absolute atomic E-state index is 5.93. The molecule has 0 aliphatic carbocycles. The van der Waals surface area contributed by atoms with Gasteiger partial charge >= 0.3 is 0 Å². The second-order valence-electron chi connectivity index (χ2n) is 5.16. The fourth-order valence-electron chi connectivity index (χ4n) is 2.48. The van der Waals surface area contributed by atoms with Crippen LogP contribution in [0, 0.1) is 0 Å². The molecule has 1 aromatic heterocycles. The number of aromatic nitrogens is 1. The average molecular weight is 289 g/mol. The zero-order valence-corrected chi connectivity index (χ0v) is 12.4. The molecule has 0 amide bonds. The van der Waals surface area contributed by atoms with Crippen molar-refractivity contribution in [3.05, 3.63) is 35.3 Å². The van der Waals surface area contributed by atoms with Crippen LogP contribution >= 0.6 is 11.3 Å². The lowest BCUT2D eigenvalue weighted by Gasteiger charge is -2.12. The zero-order chi connectivity index (χ0) is 13.9. The van der Waals surface area contributed by atoms with E-state index in [1.54, 1.807) is 18.4 Å². The Kier molecular flexibility index (Phi) is 4.00. The summed E-state index contributed by atoms with van der Waals surface area (Å²) in [5, 5.41) is 3.20. The number of rotatable bonds is 4. The van der Waals surface area contributed by atoms with Crippen molar-refractivity contribution in [1.82, 2.24) is 9.88 Å². The van der Waals surface area contributed by atoms with Gasteiger partial charge in [0.1, 0.15) is 10.8 Å². The second kappa shape index (κ2) is 5.91. The van der Waals surface area contributed by atoms with Gasteiger partial charge in [-0.15, -0.1) is 11.3 Å². The quantitative estimate of drug-likeness (QED) is 0.938. The van der Waals surface area contributed by atoms with Crippen LogP contribution in [-0.4, -0.2) is 36.1 Å². The number of thiazole rings is 1. The molecule has 2 N–H and O–H groups in total. The number of likely N-dealkylation sites (tertiary alicyclic amines) is 1. The normalized spacial score (nSPS) is 19.4. The van der Waals surface area contributed by atoms with E-state index in [1.165, 1.54) is 0 Å². The highest BCUT2D eigenvalue weighted by atomic mass is 32.1. The molecule has 0 radical (unpaired) electrons. The van der Waals surface area contributed by atoms with Crippen LogP contribution in [-0.2, 0) is 6.54 Å². The van der Waals surface area contributed by atoms with Gasteiger partial charge in [0.15, 0.2) is 0 Å². The number of nitrogens with zero attached hydrogens (tertiary/aromatic N) is 2. The first-order chi connectivity index (χ1) is 9.74. The lowest BCUT2D eigenvalue weighted by atomic mass is 10.2. The standard InChI is InChI=1S/C15H19N3OS/c1-19-14-4-2-11(3-5-14)15-17-13(10-20-15)9-18-7-6-12(16)8-18/h2-5,10,12H,6-9,16H2,1H3. The third-order valence-electron chi connectivity index (χ3n) is 3.58. The third-order valence-corrected chi connectivity index (χ3v) is 4.52. The molecule has 5 heteroatoms. The van der Waals surface area contributed by atoms with Gasteiger partial charge in [0.25, 0.3) is 0 Å². The minimum absolute atomic E-state index is 0.328. The minimum Gasteiger partial charge on any atom is -0.497 e. The highest BCUT2D eigenvalue weighted by molar-refractivity contribution is 7.13. The lowest BCUT2D eigenvalue weighted by molar-refractivity contribution is 0.323. The third kappa shape index (κ3) is 3.00. The van der Waals surface area contributed by atoms with Crippen LogP contribution in [0.15, 0.2) is 29.6 Å². The van der Waals surface area contributed by atoms with Gasteiger partial charge in [-0.05, 0) is 30.7 Å². The molecule has 2 heterocycles. The summed E-state index contributed by atoms with van der Waals surface area (Å²) in [6.07, 6.45) is 1.09. The smallest absolute Gasteiger partial charge is 0.123 e. The highest BCUT2D eigenvalue weighted by Gasteiger charge is 2.19. The van der Waals surface area contributed by atoms with E-state index in [1.807, 2.05) is 24.3 Å². The van der Waals surface area contributed by atoms with E-state index in [0.29, 0.717) is 6.04 Å². The van der Waals surface area contributed by atoms with E-state index in [-0.39, 0.29) is 0 Å². The number of methoxy groups -OCH3 is 1. The van der Waals surface area contributed by atoms with Gasteiger partial charge in [-0.25, -0.2) is 4.98 Å². The Morgan fingerprint density at radius 3 is 2.85 bits per heavy atom. The Morgan fingerprint density at radius 1 is 1.40 bits per heavy atom. The molecule has 1 unspecified atom stereocenters. The Labute approximate surface area is 123 Å². The lowest BCUT2D eigenvalue weighted by Crippen LogP contribution is -2.26. The van der Waals surface area contributed by atoms with Gasteiger partial charge in [0.05, 0.1) is 12.8 Å². The predicted octanol–water partition coefficient (Wildman–Crippen LogP) is 2.35. The van der Waals surface area contributed by atoms with E-state index < -0.39 is 0 Å². The molecule has 3 rings (SSSR count). The van der Waals surface area contributed by atoms with Crippen molar-refractivity contribution in [1.29, 1.82) is 0 Å². The van der Waals surface area contributed by atoms with Crippen LogP contribution in [0.25, 0.3) is 10.6 Å². The summed E-state index contributed by atoms with van der Waals surface area (Å²) in [5.74, 6) is 0.872. The maximum atomic E-state index is 5.93. The summed E-state index contributed by atoms with van der Waals surface area (Å²) in [5.41, 5.74) is 8.20. The van der Waals surface area contributed by atoms with Crippen LogP contribution < -0.4 is 10.5 Å². The van der Waals surface area contributed by atoms with Gasteiger partial charge in [-0.3, -0.25) is 4.90 Å². The first-order valence-corrected chi connectivity index (χ1v) is 7.69. The topological polar surface area (TPSA) is 51.4 Å². The van der Waals surface area contributed by atoms with Crippen LogP contribution in [0.2, 0.25) is 0 Å². The molecular weight excluding hydrogens is 270 g/mol. The largest absolute Gasteiger partial charge is 0.497 e. The first-order valence-electron chi connectivity index (χ1n) is 6.81. The molecule has 1 aliphatic rings. The molecule has 0 saturated carbocycles. The molecule has 4 nitrogen and oxygen atoms in total. The molecular formula is C15H19N3OS. The van der Waals surface area contributed by atoms with Crippen LogP contribution in [0.4, 0.5) is 0 Å². The highest BCUT2D eigenvalue weighted by Crippen LogP contribution is 2.26. The molecule has 20 heavy (non-hydrogen) atoms. The molecule has 0 bridgehead atoms. The van der Waals surface area contributed by atoms with Crippen molar-refractivity contribution >= 4 is 11.3 Å². The SMILES string of the molecule is COc1ccc(-c2nc(CN3CCC(N)C3)cs2)cc1. The molecule has 2 aromatic rings. The zero-order valence-electron chi connectivity index (χ0n) is 11.6. The molecule has 1 atom stereocenters. The molecule has 1 aromatic carbocycles. The average Bonchev–Trinajstić information content (AvgIpc) is 3.09. The van der Waals surface area contributed by atoms with Gasteiger partial charge in [0, 0.05) is 36.6 Å². The number of benzene rings is 1. The van der Waals surface area contributed by atoms with Crippen molar-refractivity contribution in [3.63, 3.8) is 0 Å². The number of hydrogen-bond acceptors (Lipinski definition) is 5. The molecule has 1 fully saturated rings. The summed E-state index contributed by atoms with van der Waals surface area (Å²) in [4.78, 5) is 7.09. The van der Waals surface area contributed by atoms with Crippen molar-refractivity contribution in [2.45, 2.75) is 19.0 Å². The summed E-state index contributed by atoms with van der Waals surface area (Å²) in [6, 6.07) is 8.36. The van der Waals surface area contributed by atoms with E-state index in [4.69, 9.17) is 15.5 Å². The van der Waals surface area contributed by atoms with Gasteiger partial charge < -0.3 is 10.5 Å². The summed E-state index contributed by atoms with van der Waals surface area (Å²) < 4.78 is 5.17. The fraction of sp³-hybridized carbons (Fsp3) is 0.400. The summed E-state index contributed by atoms with van der Waals surface area (Å²) >= 11 is 1.69. The van der Waals surface area contributed by atoms with Gasteiger partial charge in [0.2, 0.25) is 0 Å². The van der Waals surface area contributed by atoms with Crippen molar-refractivity contribution < 1.29 is 4.74 Å². The first kappa shape index (κ1) is 13.5. The second-order valence-corrected chi connectivity index (χ2v) is 6.01. The summed E-state index contributed by atoms with van der Waals surface area (Å²) in [7, 11) is 1.68. The van der Waals surface area contributed by atoms with E-state index in [0.717, 1.165) is 48.1 Å². The Morgan fingerprint density at radius 2 is 2.20 bits per heavy atom. The van der Waals surface area contributed by atoms with Crippen molar-refractivity contribution in [3.8, 4) is 16.3 Å². The van der Waals surface area contributed by atoms with E-state index >= 15 is 0 Å². The van der Waals surface area contributed by atoms with Crippen molar-refractivity contribution in [2.24, 2.45) is 5.73 Å². The van der Waals surface area contributed by atoms with Crippen LogP contribution in [0.5, 0.6) is 5.75 Å². The summed E-state index contributed by atoms with van der Waals surface area (Å²) in [6.45, 7) is 2.96.